The summed E-state index contributed by atoms with van der Waals surface area (Å²) in [4.78, 5) is 29.3. The van der Waals surface area contributed by atoms with Gasteiger partial charge in [0.25, 0.3) is 0 Å². The molecule has 2 aliphatic rings. The number of imidazole rings is 1. The van der Waals surface area contributed by atoms with Crippen LogP contribution in [0.3, 0.4) is 0 Å². The summed E-state index contributed by atoms with van der Waals surface area (Å²) in [5.74, 6) is 0.500. The third kappa shape index (κ3) is 3.11. The second-order valence-corrected chi connectivity index (χ2v) is 6.96. The van der Waals surface area contributed by atoms with Crippen LogP contribution in [0.5, 0.6) is 0 Å². The molecule has 128 valence electrons. The Kier molecular flexibility index (Phi) is 4.14. The van der Waals surface area contributed by atoms with Gasteiger partial charge in [-0.1, -0.05) is 12.1 Å². The van der Waals surface area contributed by atoms with Gasteiger partial charge in [-0.2, -0.15) is 0 Å². The molecular formula is C18H24N4O2. The third-order valence-corrected chi connectivity index (χ3v) is 5.22. The first-order valence-electron chi connectivity index (χ1n) is 8.91. The van der Waals surface area contributed by atoms with Gasteiger partial charge in [-0.05, 0) is 37.8 Å². The number of piperidine rings is 1. The Hall–Kier alpha value is -2.08. The highest BCUT2D eigenvalue weighted by atomic mass is 16.2. The number of amides is 1. The normalized spacial score (nSPS) is 19.7. The number of benzene rings is 1. The Morgan fingerprint density at radius 3 is 2.67 bits per heavy atom. The molecule has 1 saturated carbocycles. The fourth-order valence-electron chi connectivity index (χ4n) is 3.66. The molecule has 1 aromatic heterocycles. The number of hydrogen-bond acceptors (Lipinski definition) is 3. The monoisotopic (exact) mass is 328 g/mol. The zero-order chi connectivity index (χ0) is 16.5. The van der Waals surface area contributed by atoms with E-state index in [0.717, 1.165) is 62.9 Å². The molecule has 1 aliphatic carbocycles. The minimum atomic E-state index is -0.00801. The molecule has 0 spiro atoms. The molecule has 0 radical (unpaired) electrons. The van der Waals surface area contributed by atoms with Gasteiger partial charge in [0.1, 0.15) is 0 Å². The highest BCUT2D eigenvalue weighted by molar-refractivity contribution is 5.80. The summed E-state index contributed by atoms with van der Waals surface area (Å²) in [5, 5.41) is 3.02. The number of aromatic nitrogens is 2. The summed E-state index contributed by atoms with van der Waals surface area (Å²) in [6, 6.07) is 8.13. The van der Waals surface area contributed by atoms with Gasteiger partial charge in [-0.25, -0.2) is 4.79 Å². The standard InChI is InChI=1S/C18H24N4O2/c23-17(13-5-6-13)19-9-12-21-10-7-14(8-11-21)22-16-4-2-1-3-15(16)20-18(22)24/h1-4,13-14H,5-12H2,(H,19,23)(H,20,24). The van der Waals surface area contributed by atoms with E-state index in [1.165, 1.54) is 0 Å². The third-order valence-electron chi connectivity index (χ3n) is 5.22. The Balaban J connectivity index is 1.33. The van der Waals surface area contributed by atoms with Crippen LogP contribution < -0.4 is 11.0 Å². The van der Waals surface area contributed by atoms with E-state index in [2.05, 4.69) is 15.2 Å². The van der Waals surface area contributed by atoms with Gasteiger partial charge in [0, 0.05) is 38.1 Å². The van der Waals surface area contributed by atoms with Gasteiger partial charge in [-0.3, -0.25) is 9.36 Å². The van der Waals surface area contributed by atoms with Crippen LogP contribution >= 0.6 is 0 Å². The van der Waals surface area contributed by atoms with Crippen LogP contribution in [-0.2, 0) is 4.79 Å². The van der Waals surface area contributed by atoms with E-state index < -0.39 is 0 Å². The lowest BCUT2D eigenvalue weighted by Gasteiger charge is -2.32. The van der Waals surface area contributed by atoms with E-state index in [4.69, 9.17) is 0 Å². The van der Waals surface area contributed by atoms with E-state index in [9.17, 15) is 9.59 Å². The van der Waals surface area contributed by atoms with Gasteiger partial charge in [0.15, 0.2) is 0 Å². The van der Waals surface area contributed by atoms with Crippen molar-refractivity contribution in [2.75, 3.05) is 26.2 Å². The maximum absolute atomic E-state index is 12.3. The summed E-state index contributed by atoms with van der Waals surface area (Å²) in [7, 11) is 0. The van der Waals surface area contributed by atoms with Crippen LogP contribution in [0.25, 0.3) is 11.0 Å². The van der Waals surface area contributed by atoms with Crippen LogP contribution in [0.15, 0.2) is 29.1 Å². The highest BCUT2D eigenvalue weighted by Crippen LogP contribution is 2.28. The van der Waals surface area contributed by atoms with Gasteiger partial charge in [0.05, 0.1) is 11.0 Å². The molecule has 0 unspecified atom stereocenters. The smallest absolute Gasteiger partial charge is 0.326 e. The number of para-hydroxylation sites is 2. The summed E-state index contributed by atoms with van der Waals surface area (Å²) in [6.07, 6.45) is 4.05. The quantitative estimate of drug-likeness (QED) is 0.874. The number of H-pyrrole nitrogens is 1. The predicted molar refractivity (Wildman–Crippen MR) is 93.0 cm³/mol. The number of likely N-dealkylation sites (tertiary alicyclic amines) is 1. The summed E-state index contributed by atoms with van der Waals surface area (Å²) in [6.45, 7) is 3.56. The zero-order valence-corrected chi connectivity index (χ0v) is 13.8. The fourth-order valence-corrected chi connectivity index (χ4v) is 3.66. The maximum Gasteiger partial charge on any atom is 0.326 e. The Labute approximate surface area is 140 Å². The van der Waals surface area contributed by atoms with Crippen molar-refractivity contribution in [1.29, 1.82) is 0 Å². The molecule has 2 heterocycles. The summed E-state index contributed by atoms with van der Waals surface area (Å²) >= 11 is 0. The number of aromatic amines is 1. The molecule has 6 heteroatoms. The van der Waals surface area contributed by atoms with Gasteiger partial charge in [-0.15, -0.1) is 0 Å². The summed E-state index contributed by atoms with van der Waals surface area (Å²) in [5.41, 5.74) is 1.90. The van der Waals surface area contributed by atoms with Crippen molar-refractivity contribution in [2.45, 2.75) is 31.7 Å². The molecule has 0 bridgehead atoms. The molecular weight excluding hydrogens is 304 g/mol. The maximum atomic E-state index is 12.3. The van der Waals surface area contributed by atoms with Crippen LogP contribution in [0.4, 0.5) is 0 Å². The Morgan fingerprint density at radius 2 is 1.92 bits per heavy atom. The number of nitrogens with zero attached hydrogens (tertiary/aromatic N) is 2. The van der Waals surface area contributed by atoms with Crippen LogP contribution in [-0.4, -0.2) is 46.5 Å². The second-order valence-electron chi connectivity index (χ2n) is 6.96. The number of carbonyl (C=O) groups excluding carboxylic acids is 1. The van der Waals surface area contributed by atoms with Crippen molar-refractivity contribution in [3.63, 3.8) is 0 Å². The molecule has 1 aromatic carbocycles. The molecule has 1 aliphatic heterocycles. The minimum absolute atomic E-state index is 0.00801. The van der Waals surface area contributed by atoms with E-state index in [-0.39, 0.29) is 23.6 Å². The Bertz CT molecular complexity index is 782. The number of rotatable bonds is 5. The number of nitrogens with one attached hydrogen (secondary N) is 2. The number of carbonyl (C=O) groups is 1. The molecule has 2 fully saturated rings. The molecule has 6 nitrogen and oxygen atoms in total. The second kappa shape index (κ2) is 6.43. The molecule has 1 saturated heterocycles. The van der Waals surface area contributed by atoms with Crippen molar-refractivity contribution in [1.82, 2.24) is 19.8 Å². The molecule has 2 aromatic rings. The first-order valence-corrected chi connectivity index (χ1v) is 8.91. The predicted octanol–water partition coefficient (Wildman–Crippen LogP) is 1.49. The topological polar surface area (TPSA) is 70.1 Å². The summed E-state index contributed by atoms with van der Waals surface area (Å²) < 4.78 is 1.92. The van der Waals surface area contributed by atoms with Gasteiger partial charge in [0.2, 0.25) is 5.91 Å². The van der Waals surface area contributed by atoms with Crippen molar-refractivity contribution in [3.05, 3.63) is 34.7 Å². The van der Waals surface area contributed by atoms with Crippen molar-refractivity contribution < 1.29 is 4.79 Å². The zero-order valence-electron chi connectivity index (χ0n) is 13.8. The lowest BCUT2D eigenvalue weighted by Crippen LogP contribution is -2.41. The lowest BCUT2D eigenvalue weighted by atomic mass is 10.0. The first kappa shape index (κ1) is 15.4. The number of fused-ring (bicyclic) bond motifs is 1. The Morgan fingerprint density at radius 1 is 1.17 bits per heavy atom. The number of hydrogen-bond donors (Lipinski definition) is 2. The van der Waals surface area contributed by atoms with Gasteiger partial charge < -0.3 is 15.2 Å². The lowest BCUT2D eigenvalue weighted by molar-refractivity contribution is -0.122. The first-order chi connectivity index (χ1) is 11.7. The van der Waals surface area contributed by atoms with E-state index in [0.29, 0.717) is 0 Å². The van der Waals surface area contributed by atoms with Crippen molar-refractivity contribution in [2.24, 2.45) is 5.92 Å². The minimum Gasteiger partial charge on any atom is -0.355 e. The average Bonchev–Trinajstić information content (AvgIpc) is 3.38. The van der Waals surface area contributed by atoms with Crippen LogP contribution in [0.2, 0.25) is 0 Å². The SMILES string of the molecule is O=C(NCCN1CCC(n2c(=O)[nH]c3ccccc32)CC1)C1CC1. The van der Waals surface area contributed by atoms with Crippen LogP contribution in [0.1, 0.15) is 31.7 Å². The van der Waals surface area contributed by atoms with E-state index in [1.807, 2.05) is 28.8 Å². The molecule has 1 amide bonds. The van der Waals surface area contributed by atoms with Crippen LogP contribution in [0, 0.1) is 5.92 Å². The largest absolute Gasteiger partial charge is 0.355 e. The average molecular weight is 328 g/mol. The highest BCUT2D eigenvalue weighted by Gasteiger charge is 2.29. The van der Waals surface area contributed by atoms with Crippen molar-refractivity contribution >= 4 is 16.9 Å². The van der Waals surface area contributed by atoms with Crippen molar-refractivity contribution in [3.8, 4) is 0 Å². The van der Waals surface area contributed by atoms with Gasteiger partial charge >= 0.3 is 5.69 Å². The fraction of sp³-hybridized carbons (Fsp3) is 0.556. The van der Waals surface area contributed by atoms with E-state index >= 15 is 0 Å². The molecule has 2 N–H and O–H groups in total. The van der Waals surface area contributed by atoms with E-state index in [1.54, 1.807) is 0 Å². The molecule has 0 atom stereocenters. The molecule has 24 heavy (non-hydrogen) atoms. The molecule has 4 rings (SSSR count).